The number of hydrogen-bond donors (Lipinski definition) is 2. The van der Waals surface area contributed by atoms with E-state index in [0.29, 0.717) is 18.2 Å². The molecular formula is C10H12FN5. The van der Waals surface area contributed by atoms with E-state index in [1.165, 1.54) is 6.07 Å². The van der Waals surface area contributed by atoms with E-state index in [-0.39, 0.29) is 5.82 Å². The van der Waals surface area contributed by atoms with Crippen LogP contribution in [0.4, 0.5) is 16.0 Å². The van der Waals surface area contributed by atoms with Gasteiger partial charge in [-0.3, -0.25) is 4.68 Å². The molecule has 0 aliphatic rings. The third-order valence-electron chi connectivity index (χ3n) is 2.25. The number of aryl methyl sites for hydroxylation is 1. The molecule has 0 fully saturated rings. The van der Waals surface area contributed by atoms with Crippen LogP contribution in [0, 0.1) is 5.82 Å². The quantitative estimate of drug-likeness (QED) is 0.815. The highest BCUT2D eigenvalue weighted by Crippen LogP contribution is 2.11. The van der Waals surface area contributed by atoms with E-state index in [0.717, 1.165) is 11.8 Å². The zero-order chi connectivity index (χ0) is 11.5. The highest BCUT2D eigenvalue weighted by molar-refractivity contribution is 5.42. The van der Waals surface area contributed by atoms with Crippen LogP contribution < -0.4 is 11.1 Å². The molecule has 0 saturated carbocycles. The molecule has 0 spiro atoms. The highest BCUT2D eigenvalue weighted by atomic mass is 19.1. The van der Waals surface area contributed by atoms with Crippen LogP contribution in [0.2, 0.25) is 0 Å². The molecule has 0 aliphatic carbocycles. The van der Waals surface area contributed by atoms with Crippen LogP contribution in [0.3, 0.4) is 0 Å². The van der Waals surface area contributed by atoms with Crippen LogP contribution in [0.25, 0.3) is 0 Å². The molecule has 0 bridgehead atoms. The largest absolute Gasteiger partial charge is 0.384 e. The smallest absolute Gasteiger partial charge is 0.141 e. The van der Waals surface area contributed by atoms with E-state index < -0.39 is 0 Å². The Morgan fingerprint density at radius 3 is 2.81 bits per heavy atom. The van der Waals surface area contributed by atoms with Gasteiger partial charge in [-0.2, -0.15) is 5.10 Å². The van der Waals surface area contributed by atoms with Crippen molar-refractivity contribution in [3.05, 3.63) is 35.9 Å². The maximum Gasteiger partial charge on any atom is 0.141 e. The van der Waals surface area contributed by atoms with Crippen LogP contribution in [-0.4, -0.2) is 14.8 Å². The number of nitrogen functional groups attached to an aromatic ring is 1. The Hall–Kier alpha value is -2.11. The van der Waals surface area contributed by atoms with Gasteiger partial charge in [-0.05, 0) is 12.1 Å². The van der Waals surface area contributed by atoms with Crippen molar-refractivity contribution in [1.29, 1.82) is 0 Å². The Bertz CT molecular complexity index is 476. The first-order valence-corrected chi connectivity index (χ1v) is 4.78. The van der Waals surface area contributed by atoms with Crippen LogP contribution in [0.1, 0.15) is 5.56 Å². The topological polar surface area (TPSA) is 68.8 Å². The first-order valence-electron chi connectivity index (χ1n) is 4.78. The van der Waals surface area contributed by atoms with Gasteiger partial charge in [-0.25, -0.2) is 9.37 Å². The summed E-state index contributed by atoms with van der Waals surface area (Å²) in [6, 6.07) is 2.92. The predicted octanol–water partition coefficient (Wildman–Crippen LogP) is 1.15. The van der Waals surface area contributed by atoms with Crippen molar-refractivity contribution in [1.82, 2.24) is 14.8 Å². The number of nitrogens with one attached hydrogen (secondary N) is 1. The molecule has 3 N–H and O–H groups in total. The molecule has 5 nitrogen and oxygen atoms in total. The average molecular weight is 221 g/mol. The molecule has 2 rings (SSSR count). The fourth-order valence-electron chi connectivity index (χ4n) is 1.29. The average Bonchev–Trinajstić information content (AvgIpc) is 2.60. The third-order valence-corrected chi connectivity index (χ3v) is 2.25. The molecule has 0 unspecified atom stereocenters. The van der Waals surface area contributed by atoms with Crippen LogP contribution in [0.15, 0.2) is 24.5 Å². The van der Waals surface area contributed by atoms with Crippen molar-refractivity contribution in [3.63, 3.8) is 0 Å². The summed E-state index contributed by atoms with van der Waals surface area (Å²) in [7, 11) is 1.77. The Morgan fingerprint density at radius 1 is 1.44 bits per heavy atom. The summed E-state index contributed by atoms with van der Waals surface area (Å²) in [5, 5.41) is 7.05. The summed E-state index contributed by atoms with van der Waals surface area (Å²) in [4.78, 5) is 3.88. The molecule has 6 heteroatoms. The van der Waals surface area contributed by atoms with Crippen molar-refractivity contribution >= 4 is 11.6 Å². The fourth-order valence-corrected chi connectivity index (χ4v) is 1.29. The molecule has 2 heterocycles. The molecule has 2 aromatic rings. The normalized spacial score (nSPS) is 10.4. The molecule has 84 valence electrons. The van der Waals surface area contributed by atoms with Crippen molar-refractivity contribution < 1.29 is 4.39 Å². The molecule has 0 aliphatic heterocycles. The monoisotopic (exact) mass is 221 g/mol. The van der Waals surface area contributed by atoms with Gasteiger partial charge in [0.05, 0.1) is 12.4 Å². The van der Waals surface area contributed by atoms with Gasteiger partial charge in [0, 0.05) is 19.2 Å². The van der Waals surface area contributed by atoms with Gasteiger partial charge in [0.2, 0.25) is 0 Å². The molecule has 0 saturated heterocycles. The number of rotatable bonds is 3. The number of hydrogen-bond acceptors (Lipinski definition) is 4. The highest BCUT2D eigenvalue weighted by Gasteiger charge is 2.04. The Kier molecular flexibility index (Phi) is 2.72. The second-order valence-electron chi connectivity index (χ2n) is 3.39. The van der Waals surface area contributed by atoms with Gasteiger partial charge < -0.3 is 11.1 Å². The van der Waals surface area contributed by atoms with Crippen LogP contribution in [0.5, 0.6) is 0 Å². The molecule has 0 aromatic carbocycles. The van der Waals surface area contributed by atoms with E-state index in [1.54, 1.807) is 24.0 Å². The summed E-state index contributed by atoms with van der Waals surface area (Å²) >= 11 is 0. The van der Waals surface area contributed by atoms with Gasteiger partial charge in [-0.15, -0.1) is 0 Å². The predicted molar refractivity (Wildman–Crippen MR) is 59.1 cm³/mol. The van der Waals surface area contributed by atoms with Gasteiger partial charge >= 0.3 is 0 Å². The Balaban J connectivity index is 2.02. The first-order chi connectivity index (χ1) is 7.66. The first kappa shape index (κ1) is 10.4. The van der Waals surface area contributed by atoms with E-state index >= 15 is 0 Å². The zero-order valence-corrected chi connectivity index (χ0v) is 8.81. The molecule has 0 amide bonds. The lowest BCUT2D eigenvalue weighted by Crippen LogP contribution is -2.04. The van der Waals surface area contributed by atoms with Crippen molar-refractivity contribution in [2.45, 2.75) is 6.54 Å². The maximum absolute atomic E-state index is 12.6. The second-order valence-corrected chi connectivity index (χ2v) is 3.39. The second kappa shape index (κ2) is 4.18. The fraction of sp³-hybridized carbons (Fsp3) is 0.200. The lowest BCUT2D eigenvalue weighted by Gasteiger charge is -2.04. The van der Waals surface area contributed by atoms with Gasteiger partial charge in [0.25, 0.3) is 0 Å². The SMILES string of the molecule is Cn1ncc(CNc2ccc(F)cn2)c1N. The number of halogens is 1. The van der Waals surface area contributed by atoms with Crippen molar-refractivity contribution in [2.24, 2.45) is 7.05 Å². The van der Waals surface area contributed by atoms with Gasteiger partial charge in [0.15, 0.2) is 0 Å². The number of pyridine rings is 1. The van der Waals surface area contributed by atoms with Crippen LogP contribution in [-0.2, 0) is 13.6 Å². The van der Waals surface area contributed by atoms with Crippen LogP contribution >= 0.6 is 0 Å². The van der Waals surface area contributed by atoms with Gasteiger partial charge in [0.1, 0.15) is 17.5 Å². The van der Waals surface area contributed by atoms with Gasteiger partial charge in [-0.1, -0.05) is 0 Å². The number of aromatic nitrogens is 3. The zero-order valence-electron chi connectivity index (χ0n) is 8.81. The van der Waals surface area contributed by atoms with E-state index in [2.05, 4.69) is 15.4 Å². The number of anilines is 2. The maximum atomic E-state index is 12.6. The summed E-state index contributed by atoms with van der Waals surface area (Å²) in [6.07, 6.45) is 2.85. The van der Waals surface area contributed by atoms with Crippen molar-refractivity contribution in [3.8, 4) is 0 Å². The van der Waals surface area contributed by atoms with Crippen molar-refractivity contribution in [2.75, 3.05) is 11.1 Å². The van der Waals surface area contributed by atoms with E-state index in [4.69, 9.17) is 5.73 Å². The lowest BCUT2D eigenvalue weighted by molar-refractivity contribution is 0.621. The number of nitrogens with zero attached hydrogens (tertiary/aromatic N) is 3. The molecule has 16 heavy (non-hydrogen) atoms. The minimum absolute atomic E-state index is 0.355. The lowest BCUT2D eigenvalue weighted by atomic mass is 10.3. The summed E-state index contributed by atoms with van der Waals surface area (Å²) in [6.45, 7) is 0.512. The summed E-state index contributed by atoms with van der Waals surface area (Å²) < 4.78 is 14.2. The Morgan fingerprint density at radius 2 is 2.25 bits per heavy atom. The molecule has 0 radical (unpaired) electrons. The standard InChI is InChI=1S/C10H12FN5/c1-16-10(12)7(5-15-16)4-13-9-3-2-8(11)6-14-9/h2-3,5-6H,4,12H2,1H3,(H,13,14). The minimum atomic E-state index is -0.355. The van der Waals surface area contributed by atoms with E-state index in [9.17, 15) is 4.39 Å². The Labute approximate surface area is 92.1 Å². The summed E-state index contributed by atoms with van der Waals surface area (Å²) in [5.74, 6) is 0.853. The minimum Gasteiger partial charge on any atom is -0.384 e. The number of nitrogens with two attached hydrogens (primary N) is 1. The third kappa shape index (κ3) is 2.10. The summed E-state index contributed by atoms with van der Waals surface area (Å²) in [5.41, 5.74) is 6.65. The molecular weight excluding hydrogens is 209 g/mol. The van der Waals surface area contributed by atoms with E-state index in [1.807, 2.05) is 0 Å². The molecule has 0 atom stereocenters. The molecule has 2 aromatic heterocycles.